The zero-order valence-electron chi connectivity index (χ0n) is 10.7. The number of rotatable bonds is 8. The molecule has 1 rings (SSSR count). The van der Waals surface area contributed by atoms with Crippen LogP contribution in [0.2, 0.25) is 0 Å². The first-order valence-corrected chi connectivity index (χ1v) is 6.16. The van der Waals surface area contributed by atoms with E-state index in [-0.39, 0.29) is 0 Å². The Balaban J connectivity index is 2.14. The predicted molar refractivity (Wildman–Crippen MR) is 70.2 cm³/mol. The van der Waals surface area contributed by atoms with Crippen molar-refractivity contribution in [3.63, 3.8) is 0 Å². The molecule has 0 bridgehead atoms. The van der Waals surface area contributed by atoms with Crippen LogP contribution in [0.25, 0.3) is 0 Å². The van der Waals surface area contributed by atoms with Gasteiger partial charge < -0.3 is 15.2 Å². The van der Waals surface area contributed by atoms with Crippen LogP contribution in [0.1, 0.15) is 24.8 Å². The summed E-state index contributed by atoms with van der Waals surface area (Å²) in [6.45, 7) is 4.12. The summed E-state index contributed by atoms with van der Waals surface area (Å²) in [6, 6.07) is 10.5. The molecule has 17 heavy (non-hydrogen) atoms. The van der Waals surface area contributed by atoms with E-state index in [9.17, 15) is 5.11 Å². The lowest BCUT2D eigenvalue weighted by atomic mass is 9.98. The Morgan fingerprint density at radius 1 is 1.29 bits per heavy atom. The highest BCUT2D eigenvalue weighted by atomic mass is 16.5. The minimum absolute atomic E-state index is 0.390. The van der Waals surface area contributed by atoms with Crippen molar-refractivity contribution in [2.45, 2.75) is 25.4 Å². The highest BCUT2D eigenvalue weighted by molar-refractivity contribution is 5.18. The molecule has 3 nitrogen and oxygen atoms in total. The van der Waals surface area contributed by atoms with Crippen molar-refractivity contribution < 1.29 is 9.84 Å². The predicted octanol–water partition coefficient (Wildman–Crippen LogP) is 1.78. The van der Waals surface area contributed by atoms with Gasteiger partial charge in [0.2, 0.25) is 0 Å². The van der Waals surface area contributed by atoms with Gasteiger partial charge in [0.05, 0.1) is 12.7 Å². The first-order chi connectivity index (χ1) is 8.24. The lowest BCUT2D eigenvalue weighted by molar-refractivity contribution is 0.0646. The van der Waals surface area contributed by atoms with Crippen molar-refractivity contribution in [1.29, 1.82) is 0 Å². The van der Waals surface area contributed by atoms with Crippen molar-refractivity contribution in [2.75, 3.05) is 26.8 Å². The average Bonchev–Trinajstić information content (AvgIpc) is 2.36. The number of hydrogen-bond acceptors (Lipinski definition) is 3. The molecule has 0 saturated carbocycles. The standard InChI is InChI=1S/C14H23NO2/c1-12(13-6-4-3-5-7-13)8-9-15-10-14(16)11-17-2/h3-7,12,14-16H,8-11H2,1-2H3. The van der Waals surface area contributed by atoms with Crippen molar-refractivity contribution in [2.24, 2.45) is 0 Å². The van der Waals surface area contributed by atoms with Crippen LogP contribution in [0.15, 0.2) is 30.3 Å². The van der Waals surface area contributed by atoms with Crippen LogP contribution < -0.4 is 5.32 Å². The van der Waals surface area contributed by atoms with E-state index in [4.69, 9.17) is 4.74 Å². The molecule has 0 saturated heterocycles. The molecule has 0 radical (unpaired) electrons. The van der Waals surface area contributed by atoms with Crippen LogP contribution in [-0.2, 0) is 4.74 Å². The van der Waals surface area contributed by atoms with Gasteiger partial charge in [-0.2, -0.15) is 0 Å². The molecule has 0 aliphatic rings. The molecule has 0 aliphatic heterocycles. The Morgan fingerprint density at radius 3 is 2.65 bits per heavy atom. The van der Waals surface area contributed by atoms with Gasteiger partial charge in [-0.15, -0.1) is 0 Å². The van der Waals surface area contributed by atoms with Crippen molar-refractivity contribution in [3.05, 3.63) is 35.9 Å². The number of nitrogens with one attached hydrogen (secondary N) is 1. The molecule has 1 aromatic rings. The van der Waals surface area contributed by atoms with Gasteiger partial charge in [0.15, 0.2) is 0 Å². The van der Waals surface area contributed by atoms with Crippen LogP contribution in [0, 0.1) is 0 Å². The van der Waals surface area contributed by atoms with Crippen LogP contribution >= 0.6 is 0 Å². The third kappa shape index (κ3) is 5.82. The van der Waals surface area contributed by atoms with E-state index in [1.165, 1.54) is 5.56 Å². The summed E-state index contributed by atoms with van der Waals surface area (Å²) < 4.78 is 4.86. The summed E-state index contributed by atoms with van der Waals surface area (Å²) in [5.74, 6) is 0.545. The number of aliphatic hydroxyl groups excluding tert-OH is 1. The molecule has 2 N–H and O–H groups in total. The third-order valence-electron chi connectivity index (χ3n) is 2.86. The number of ether oxygens (including phenoxy) is 1. The van der Waals surface area contributed by atoms with Gasteiger partial charge in [-0.1, -0.05) is 37.3 Å². The van der Waals surface area contributed by atoms with Crippen LogP contribution in [0.4, 0.5) is 0 Å². The molecule has 0 spiro atoms. The van der Waals surface area contributed by atoms with Crippen molar-refractivity contribution >= 4 is 0 Å². The Morgan fingerprint density at radius 2 is 2.00 bits per heavy atom. The fraction of sp³-hybridized carbons (Fsp3) is 0.571. The zero-order chi connectivity index (χ0) is 12.5. The van der Waals surface area contributed by atoms with Gasteiger partial charge in [0.1, 0.15) is 0 Å². The molecule has 0 aromatic heterocycles. The number of aliphatic hydroxyl groups is 1. The second-order valence-electron chi connectivity index (χ2n) is 4.41. The summed E-state index contributed by atoms with van der Waals surface area (Å²) in [6.07, 6.45) is 0.663. The van der Waals surface area contributed by atoms with Gasteiger partial charge in [-0.25, -0.2) is 0 Å². The van der Waals surface area contributed by atoms with E-state index in [1.807, 2.05) is 6.07 Å². The Bertz CT molecular complexity index is 290. The van der Waals surface area contributed by atoms with Gasteiger partial charge in [0, 0.05) is 13.7 Å². The fourth-order valence-corrected chi connectivity index (χ4v) is 1.79. The van der Waals surface area contributed by atoms with E-state index < -0.39 is 6.10 Å². The van der Waals surface area contributed by atoms with Crippen molar-refractivity contribution in [3.8, 4) is 0 Å². The highest BCUT2D eigenvalue weighted by Crippen LogP contribution is 2.17. The third-order valence-corrected chi connectivity index (χ3v) is 2.86. The molecular formula is C14H23NO2. The summed E-state index contributed by atoms with van der Waals surface area (Å²) >= 11 is 0. The highest BCUT2D eigenvalue weighted by Gasteiger charge is 2.05. The van der Waals surface area contributed by atoms with Crippen LogP contribution in [0.5, 0.6) is 0 Å². The first-order valence-electron chi connectivity index (χ1n) is 6.16. The number of methoxy groups -OCH3 is 1. The molecule has 1 aromatic carbocycles. The molecule has 0 fully saturated rings. The summed E-state index contributed by atoms with van der Waals surface area (Å²) in [4.78, 5) is 0. The maximum atomic E-state index is 9.44. The maximum Gasteiger partial charge on any atom is 0.0897 e. The fourth-order valence-electron chi connectivity index (χ4n) is 1.79. The molecule has 0 heterocycles. The normalized spacial score (nSPS) is 14.5. The van der Waals surface area contributed by atoms with Crippen LogP contribution in [0.3, 0.4) is 0 Å². The maximum absolute atomic E-state index is 9.44. The summed E-state index contributed by atoms with van der Waals surface area (Å²) in [5, 5.41) is 12.7. The lowest BCUT2D eigenvalue weighted by Gasteiger charge is -2.14. The van der Waals surface area contributed by atoms with E-state index in [2.05, 4.69) is 36.5 Å². The molecule has 3 heteroatoms. The summed E-state index contributed by atoms with van der Waals surface area (Å²) in [7, 11) is 1.60. The number of benzene rings is 1. The Kier molecular flexibility index (Phi) is 6.86. The van der Waals surface area contributed by atoms with Crippen LogP contribution in [-0.4, -0.2) is 38.0 Å². The molecular weight excluding hydrogens is 214 g/mol. The zero-order valence-corrected chi connectivity index (χ0v) is 10.7. The van der Waals surface area contributed by atoms with E-state index in [0.717, 1.165) is 13.0 Å². The largest absolute Gasteiger partial charge is 0.389 e. The Labute approximate surface area is 104 Å². The molecule has 2 atom stereocenters. The van der Waals surface area contributed by atoms with E-state index in [1.54, 1.807) is 7.11 Å². The molecule has 2 unspecified atom stereocenters. The minimum atomic E-state index is -0.410. The SMILES string of the molecule is COCC(O)CNCCC(C)c1ccccc1. The average molecular weight is 237 g/mol. The quantitative estimate of drug-likeness (QED) is 0.677. The monoisotopic (exact) mass is 237 g/mol. The van der Waals surface area contributed by atoms with E-state index in [0.29, 0.717) is 19.1 Å². The molecule has 96 valence electrons. The second-order valence-corrected chi connectivity index (χ2v) is 4.41. The van der Waals surface area contributed by atoms with E-state index >= 15 is 0 Å². The smallest absolute Gasteiger partial charge is 0.0897 e. The molecule has 0 aliphatic carbocycles. The number of hydrogen-bond donors (Lipinski definition) is 2. The van der Waals surface area contributed by atoms with Gasteiger partial charge in [-0.3, -0.25) is 0 Å². The lowest BCUT2D eigenvalue weighted by Crippen LogP contribution is -2.31. The first kappa shape index (κ1) is 14.2. The van der Waals surface area contributed by atoms with Crippen molar-refractivity contribution in [1.82, 2.24) is 5.32 Å². The van der Waals surface area contributed by atoms with Gasteiger partial charge in [-0.05, 0) is 24.4 Å². The second kappa shape index (κ2) is 8.23. The topological polar surface area (TPSA) is 41.5 Å². The molecule has 0 amide bonds. The van der Waals surface area contributed by atoms with Gasteiger partial charge in [0.25, 0.3) is 0 Å². The summed E-state index contributed by atoms with van der Waals surface area (Å²) in [5.41, 5.74) is 1.37. The van der Waals surface area contributed by atoms with Gasteiger partial charge >= 0.3 is 0 Å². The Hall–Kier alpha value is -0.900. The minimum Gasteiger partial charge on any atom is -0.389 e.